The van der Waals surface area contributed by atoms with Crippen LogP contribution < -0.4 is 4.90 Å². The van der Waals surface area contributed by atoms with Crippen LogP contribution in [0.2, 0.25) is 5.28 Å². The topological polar surface area (TPSA) is 41.9 Å². The highest BCUT2D eigenvalue weighted by atomic mass is 35.5. The fourth-order valence-corrected chi connectivity index (χ4v) is 1.76. The molecule has 96 valence electrons. The molecule has 0 aromatic carbocycles. The predicted molar refractivity (Wildman–Crippen MR) is 71.6 cm³/mol. The molecule has 1 rings (SSSR count). The number of aromatic nitrogens is 3. The zero-order valence-corrected chi connectivity index (χ0v) is 11.7. The highest BCUT2D eigenvalue weighted by Crippen LogP contribution is 2.11. The third-order valence-electron chi connectivity index (χ3n) is 2.65. The second-order valence-electron chi connectivity index (χ2n) is 4.16. The number of nitrogens with zero attached hydrogens (tertiary/aromatic N) is 4. The first-order chi connectivity index (χ1) is 8.17. The Hall–Kier alpha value is -0.900. The van der Waals surface area contributed by atoms with E-state index < -0.39 is 0 Å². The normalized spacial score (nSPS) is 10.6. The fourth-order valence-electron chi connectivity index (χ4n) is 1.58. The molecule has 0 atom stereocenters. The molecule has 1 heterocycles. The van der Waals surface area contributed by atoms with Crippen molar-refractivity contribution < 1.29 is 0 Å². The first kappa shape index (κ1) is 14.2. The Morgan fingerprint density at radius 2 is 1.82 bits per heavy atom. The number of anilines is 1. The van der Waals surface area contributed by atoms with Gasteiger partial charge in [0, 0.05) is 20.0 Å². The summed E-state index contributed by atoms with van der Waals surface area (Å²) in [6.07, 6.45) is 5.72. The number of halogens is 1. The third kappa shape index (κ3) is 4.86. The average molecular weight is 257 g/mol. The lowest BCUT2D eigenvalue weighted by molar-refractivity contribution is 0.654. The standard InChI is InChI=1S/C12H21ClN4/c1-4-6-7-8-9-17(3)12-15-10(5-2)14-11(13)16-12/h4-9H2,1-3H3. The lowest BCUT2D eigenvalue weighted by Crippen LogP contribution is -2.22. The summed E-state index contributed by atoms with van der Waals surface area (Å²) in [6.45, 7) is 5.18. The Morgan fingerprint density at radius 1 is 1.06 bits per heavy atom. The second-order valence-corrected chi connectivity index (χ2v) is 4.49. The molecule has 0 bridgehead atoms. The quantitative estimate of drug-likeness (QED) is 0.703. The van der Waals surface area contributed by atoms with Gasteiger partial charge in [0.2, 0.25) is 11.2 Å². The molecule has 0 amide bonds. The maximum absolute atomic E-state index is 5.87. The molecule has 0 unspecified atom stereocenters. The molecule has 5 heteroatoms. The van der Waals surface area contributed by atoms with Gasteiger partial charge in [-0.3, -0.25) is 0 Å². The largest absolute Gasteiger partial charge is 0.344 e. The Labute approximate surface area is 108 Å². The maximum atomic E-state index is 5.87. The summed E-state index contributed by atoms with van der Waals surface area (Å²) in [5.41, 5.74) is 0. The van der Waals surface area contributed by atoms with Crippen molar-refractivity contribution in [2.45, 2.75) is 46.0 Å². The average Bonchev–Trinajstić information content (AvgIpc) is 2.33. The van der Waals surface area contributed by atoms with E-state index in [0.29, 0.717) is 5.95 Å². The number of hydrogen-bond acceptors (Lipinski definition) is 4. The lowest BCUT2D eigenvalue weighted by atomic mass is 10.2. The van der Waals surface area contributed by atoms with Crippen LogP contribution in [0.25, 0.3) is 0 Å². The van der Waals surface area contributed by atoms with E-state index in [1.807, 2.05) is 18.9 Å². The Bertz CT molecular complexity index is 343. The number of rotatable bonds is 7. The van der Waals surface area contributed by atoms with Crippen LogP contribution >= 0.6 is 11.6 Å². The van der Waals surface area contributed by atoms with Gasteiger partial charge < -0.3 is 4.90 Å². The first-order valence-corrected chi connectivity index (χ1v) is 6.66. The molecular formula is C12H21ClN4. The van der Waals surface area contributed by atoms with Gasteiger partial charge in [0.15, 0.2) is 0 Å². The summed E-state index contributed by atoms with van der Waals surface area (Å²) in [4.78, 5) is 14.6. The Balaban J connectivity index is 2.55. The van der Waals surface area contributed by atoms with Gasteiger partial charge in [-0.2, -0.15) is 9.97 Å². The first-order valence-electron chi connectivity index (χ1n) is 6.29. The highest BCUT2D eigenvalue weighted by molar-refractivity contribution is 6.28. The Kier molecular flexibility index (Phi) is 6.19. The van der Waals surface area contributed by atoms with Crippen LogP contribution in [0, 0.1) is 0 Å². The van der Waals surface area contributed by atoms with Crippen molar-refractivity contribution in [3.63, 3.8) is 0 Å². The minimum Gasteiger partial charge on any atom is -0.344 e. The van der Waals surface area contributed by atoms with E-state index in [4.69, 9.17) is 11.6 Å². The van der Waals surface area contributed by atoms with Crippen LogP contribution in [0.4, 0.5) is 5.95 Å². The van der Waals surface area contributed by atoms with Crippen molar-refractivity contribution in [3.8, 4) is 0 Å². The highest BCUT2D eigenvalue weighted by Gasteiger charge is 2.07. The smallest absolute Gasteiger partial charge is 0.229 e. The van der Waals surface area contributed by atoms with Gasteiger partial charge >= 0.3 is 0 Å². The van der Waals surface area contributed by atoms with Gasteiger partial charge in [-0.15, -0.1) is 0 Å². The van der Waals surface area contributed by atoms with E-state index in [1.54, 1.807) is 0 Å². The predicted octanol–water partition coefficient (Wildman–Crippen LogP) is 3.10. The molecule has 0 aliphatic rings. The molecule has 0 spiro atoms. The van der Waals surface area contributed by atoms with Crippen molar-refractivity contribution in [2.24, 2.45) is 0 Å². The zero-order chi connectivity index (χ0) is 12.7. The molecular weight excluding hydrogens is 236 g/mol. The molecule has 17 heavy (non-hydrogen) atoms. The zero-order valence-electron chi connectivity index (χ0n) is 10.9. The van der Waals surface area contributed by atoms with Gasteiger partial charge in [0.1, 0.15) is 5.82 Å². The van der Waals surface area contributed by atoms with Crippen LogP contribution in [0.5, 0.6) is 0 Å². The molecule has 1 aromatic rings. The van der Waals surface area contributed by atoms with Gasteiger partial charge in [0.05, 0.1) is 0 Å². The van der Waals surface area contributed by atoms with Gasteiger partial charge in [-0.05, 0) is 18.0 Å². The van der Waals surface area contributed by atoms with E-state index in [-0.39, 0.29) is 5.28 Å². The fraction of sp³-hybridized carbons (Fsp3) is 0.750. The van der Waals surface area contributed by atoms with E-state index >= 15 is 0 Å². The van der Waals surface area contributed by atoms with Crippen LogP contribution in [0.1, 0.15) is 45.4 Å². The lowest BCUT2D eigenvalue weighted by Gasteiger charge is -2.17. The van der Waals surface area contributed by atoms with Crippen molar-refractivity contribution in [1.82, 2.24) is 15.0 Å². The van der Waals surface area contributed by atoms with Crippen molar-refractivity contribution in [3.05, 3.63) is 11.1 Å². The summed E-state index contributed by atoms with van der Waals surface area (Å²) in [5.74, 6) is 1.43. The molecule has 0 radical (unpaired) electrons. The summed E-state index contributed by atoms with van der Waals surface area (Å²) in [5, 5.41) is 0.284. The van der Waals surface area contributed by atoms with Crippen LogP contribution in [0.3, 0.4) is 0 Å². The van der Waals surface area contributed by atoms with E-state index in [1.165, 1.54) is 19.3 Å². The van der Waals surface area contributed by atoms with E-state index in [0.717, 1.165) is 25.2 Å². The second kappa shape index (κ2) is 7.43. The van der Waals surface area contributed by atoms with Crippen molar-refractivity contribution in [2.75, 3.05) is 18.5 Å². The SMILES string of the molecule is CCCCCCN(C)c1nc(Cl)nc(CC)n1. The van der Waals surface area contributed by atoms with Crippen LogP contribution in [0.15, 0.2) is 0 Å². The van der Waals surface area contributed by atoms with E-state index in [9.17, 15) is 0 Å². The summed E-state index contributed by atoms with van der Waals surface area (Å²) >= 11 is 5.87. The van der Waals surface area contributed by atoms with Gasteiger partial charge in [-0.1, -0.05) is 33.1 Å². The van der Waals surface area contributed by atoms with Crippen molar-refractivity contribution >= 4 is 17.5 Å². The molecule has 0 saturated carbocycles. The molecule has 0 fully saturated rings. The van der Waals surface area contributed by atoms with Gasteiger partial charge in [-0.25, -0.2) is 4.98 Å². The minimum absolute atomic E-state index is 0.284. The number of hydrogen-bond donors (Lipinski definition) is 0. The minimum atomic E-state index is 0.284. The van der Waals surface area contributed by atoms with Crippen LogP contribution in [-0.2, 0) is 6.42 Å². The molecule has 0 aliphatic carbocycles. The number of aryl methyl sites for hydroxylation is 1. The molecule has 1 aromatic heterocycles. The van der Waals surface area contributed by atoms with Gasteiger partial charge in [0.25, 0.3) is 0 Å². The number of unbranched alkanes of at least 4 members (excludes halogenated alkanes) is 3. The molecule has 4 nitrogen and oxygen atoms in total. The van der Waals surface area contributed by atoms with Crippen LogP contribution in [-0.4, -0.2) is 28.5 Å². The summed E-state index contributed by atoms with van der Waals surface area (Å²) in [6, 6.07) is 0. The Morgan fingerprint density at radius 3 is 2.47 bits per heavy atom. The summed E-state index contributed by atoms with van der Waals surface area (Å²) < 4.78 is 0. The maximum Gasteiger partial charge on any atom is 0.229 e. The molecule has 0 saturated heterocycles. The van der Waals surface area contributed by atoms with Crippen molar-refractivity contribution in [1.29, 1.82) is 0 Å². The molecule has 0 aliphatic heterocycles. The summed E-state index contributed by atoms with van der Waals surface area (Å²) in [7, 11) is 2.00. The molecule has 0 N–H and O–H groups in total. The monoisotopic (exact) mass is 256 g/mol. The third-order valence-corrected chi connectivity index (χ3v) is 2.82. The van der Waals surface area contributed by atoms with E-state index in [2.05, 4.69) is 21.9 Å².